The minimum Gasteiger partial charge on any atom is -0.497 e. The third-order valence-electron chi connectivity index (χ3n) is 6.58. The Morgan fingerprint density at radius 1 is 0.972 bits per heavy atom. The highest BCUT2D eigenvalue weighted by atomic mass is 16.5. The number of aromatic nitrogens is 2. The van der Waals surface area contributed by atoms with Gasteiger partial charge in [-0.1, -0.05) is 30.3 Å². The van der Waals surface area contributed by atoms with Crippen molar-refractivity contribution in [2.24, 2.45) is 0 Å². The second kappa shape index (κ2) is 12.9. The molecule has 1 unspecified atom stereocenters. The van der Waals surface area contributed by atoms with Crippen molar-refractivity contribution >= 4 is 11.8 Å². The zero-order valence-corrected chi connectivity index (χ0v) is 20.9. The van der Waals surface area contributed by atoms with Crippen molar-refractivity contribution in [2.75, 3.05) is 33.3 Å². The fourth-order valence-corrected chi connectivity index (χ4v) is 4.62. The van der Waals surface area contributed by atoms with Gasteiger partial charge in [-0.15, -0.1) is 0 Å². The molecule has 1 fully saturated rings. The van der Waals surface area contributed by atoms with E-state index in [4.69, 9.17) is 4.74 Å². The van der Waals surface area contributed by atoms with Crippen molar-refractivity contribution in [3.8, 4) is 11.4 Å². The number of methoxy groups -OCH3 is 1. The van der Waals surface area contributed by atoms with Gasteiger partial charge in [-0.3, -0.25) is 14.5 Å². The molecule has 0 bridgehead atoms. The first-order valence-electron chi connectivity index (χ1n) is 12.6. The van der Waals surface area contributed by atoms with Gasteiger partial charge < -0.3 is 19.9 Å². The Labute approximate surface area is 212 Å². The number of hydrogen-bond donors (Lipinski definition) is 2. The Morgan fingerprint density at radius 3 is 2.53 bits per heavy atom. The number of carbonyl (C=O) groups is 2. The lowest BCUT2D eigenvalue weighted by molar-refractivity contribution is -0.123. The van der Waals surface area contributed by atoms with E-state index in [0.29, 0.717) is 32.6 Å². The summed E-state index contributed by atoms with van der Waals surface area (Å²) in [6.07, 6.45) is 6.50. The van der Waals surface area contributed by atoms with Crippen LogP contribution in [0.3, 0.4) is 0 Å². The van der Waals surface area contributed by atoms with Crippen LogP contribution in [0, 0.1) is 0 Å². The number of carbonyl (C=O) groups excluding carboxylic acids is 2. The van der Waals surface area contributed by atoms with E-state index in [1.54, 1.807) is 13.3 Å². The topological polar surface area (TPSA) is 88.5 Å². The Morgan fingerprint density at radius 2 is 1.75 bits per heavy atom. The molecule has 2 amide bonds. The number of ether oxygens (including phenoxy) is 1. The minimum absolute atomic E-state index is 0.00506. The van der Waals surface area contributed by atoms with Crippen LogP contribution in [0.15, 0.2) is 67.0 Å². The van der Waals surface area contributed by atoms with E-state index in [2.05, 4.69) is 32.7 Å². The number of amides is 2. The summed E-state index contributed by atoms with van der Waals surface area (Å²) in [6, 6.07) is 18.0. The lowest BCUT2D eigenvalue weighted by Gasteiger charge is -2.23. The van der Waals surface area contributed by atoms with Gasteiger partial charge in [0.05, 0.1) is 20.2 Å². The third kappa shape index (κ3) is 7.18. The van der Waals surface area contributed by atoms with Crippen LogP contribution >= 0.6 is 0 Å². The highest BCUT2D eigenvalue weighted by molar-refractivity contribution is 5.78. The molecule has 1 saturated heterocycles. The number of benzene rings is 2. The van der Waals surface area contributed by atoms with Gasteiger partial charge >= 0.3 is 0 Å². The standard InChI is InChI=1S/C28H35N5O3/c1-36-25-11-9-24(10-12-25)33-19-17-29-26(33)20-32-18-5-15-30-27(34)13-8-23(14-16-31-28(35)21-32)22-6-3-2-4-7-22/h2-4,6-7,9-12,17,19,23H,5,8,13-16,18,20-21H2,1H3,(H,30,34)(H,31,35). The molecule has 0 spiro atoms. The van der Waals surface area contributed by atoms with Crippen molar-refractivity contribution in [3.05, 3.63) is 78.4 Å². The first-order chi connectivity index (χ1) is 17.6. The van der Waals surface area contributed by atoms with Crippen LogP contribution in [-0.2, 0) is 16.1 Å². The third-order valence-corrected chi connectivity index (χ3v) is 6.58. The molecule has 0 aliphatic carbocycles. The molecule has 36 heavy (non-hydrogen) atoms. The van der Waals surface area contributed by atoms with Gasteiger partial charge in [0.15, 0.2) is 0 Å². The van der Waals surface area contributed by atoms with Gasteiger partial charge in [-0.25, -0.2) is 4.98 Å². The minimum atomic E-state index is 0.00506. The van der Waals surface area contributed by atoms with Crippen LogP contribution in [-0.4, -0.2) is 59.6 Å². The van der Waals surface area contributed by atoms with Gasteiger partial charge in [0.1, 0.15) is 11.6 Å². The zero-order valence-electron chi connectivity index (χ0n) is 20.9. The molecule has 0 saturated carbocycles. The average Bonchev–Trinajstić information content (AvgIpc) is 3.36. The molecular weight excluding hydrogens is 454 g/mol. The molecule has 8 nitrogen and oxygen atoms in total. The smallest absolute Gasteiger partial charge is 0.234 e. The second-order valence-electron chi connectivity index (χ2n) is 9.11. The molecule has 2 N–H and O–H groups in total. The molecule has 1 aliphatic heterocycles. The van der Waals surface area contributed by atoms with Crippen LogP contribution in [0.1, 0.15) is 43.0 Å². The predicted molar refractivity (Wildman–Crippen MR) is 139 cm³/mol. The van der Waals surface area contributed by atoms with Crippen LogP contribution < -0.4 is 15.4 Å². The summed E-state index contributed by atoms with van der Waals surface area (Å²) in [4.78, 5) is 31.9. The highest BCUT2D eigenvalue weighted by Gasteiger charge is 2.18. The largest absolute Gasteiger partial charge is 0.497 e. The normalized spacial score (nSPS) is 18.6. The number of nitrogens with one attached hydrogen (secondary N) is 2. The summed E-state index contributed by atoms with van der Waals surface area (Å²) in [5.41, 5.74) is 2.19. The average molecular weight is 490 g/mol. The quantitative estimate of drug-likeness (QED) is 0.574. The van der Waals surface area contributed by atoms with Crippen molar-refractivity contribution in [1.29, 1.82) is 0 Å². The second-order valence-corrected chi connectivity index (χ2v) is 9.11. The monoisotopic (exact) mass is 489 g/mol. The summed E-state index contributed by atoms with van der Waals surface area (Å²) in [6.45, 7) is 2.64. The number of imidazole rings is 1. The molecule has 0 radical (unpaired) electrons. The maximum Gasteiger partial charge on any atom is 0.234 e. The maximum absolute atomic E-state index is 12.8. The van der Waals surface area contributed by atoms with E-state index in [1.807, 2.05) is 53.2 Å². The van der Waals surface area contributed by atoms with Gasteiger partial charge in [0, 0.05) is 44.1 Å². The van der Waals surface area contributed by atoms with Crippen molar-refractivity contribution in [1.82, 2.24) is 25.1 Å². The molecule has 8 heteroatoms. The molecule has 190 valence electrons. The molecule has 1 atom stereocenters. The van der Waals surface area contributed by atoms with Gasteiger partial charge in [0.25, 0.3) is 0 Å². The summed E-state index contributed by atoms with van der Waals surface area (Å²) >= 11 is 0. The summed E-state index contributed by atoms with van der Waals surface area (Å²) in [5, 5.41) is 6.14. The number of rotatable bonds is 5. The molecule has 2 heterocycles. The van der Waals surface area contributed by atoms with Crippen LogP contribution in [0.4, 0.5) is 0 Å². The van der Waals surface area contributed by atoms with Crippen molar-refractivity contribution in [3.63, 3.8) is 0 Å². The predicted octanol–water partition coefficient (Wildman–Crippen LogP) is 3.27. The first kappa shape index (κ1) is 25.4. The Bertz CT molecular complexity index is 1110. The van der Waals surface area contributed by atoms with Crippen LogP contribution in [0.5, 0.6) is 5.75 Å². The maximum atomic E-state index is 12.8. The van der Waals surface area contributed by atoms with Crippen LogP contribution in [0.25, 0.3) is 5.69 Å². The first-order valence-corrected chi connectivity index (χ1v) is 12.6. The Hall–Kier alpha value is -3.65. The van der Waals surface area contributed by atoms with Crippen molar-refractivity contribution < 1.29 is 14.3 Å². The summed E-state index contributed by atoms with van der Waals surface area (Å²) in [5.74, 6) is 1.96. The van der Waals surface area contributed by atoms with E-state index in [1.165, 1.54) is 5.56 Å². The van der Waals surface area contributed by atoms with Gasteiger partial charge in [-0.2, -0.15) is 0 Å². The molecule has 1 aliphatic rings. The fraction of sp³-hybridized carbons (Fsp3) is 0.393. The molecular formula is C28H35N5O3. The van der Waals surface area contributed by atoms with Gasteiger partial charge in [-0.05, 0) is 55.0 Å². The van der Waals surface area contributed by atoms with Gasteiger partial charge in [0.2, 0.25) is 11.8 Å². The SMILES string of the molecule is COc1ccc(-n2ccnc2CN2CCCNC(=O)CCC(c3ccccc3)CCNC(=O)C2)cc1. The molecule has 4 rings (SSSR count). The zero-order chi connectivity index (χ0) is 25.2. The van der Waals surface area contributed by atoms with E-state index >= 15 is 0 Å². The molecule has 1 aromatic heterocycles. The molecule has 3 aromatic rings. The van der Waals surface area contributed by atoms with E-state index < -0.39 is 0 Å². The Kier molecular flexibility index (Phi) is 9.10. The Balaban J connectivity index is 1.43. The highest BCUT2D eigenvalue weighted by Crippen LogP contribution is 2.24. The van der Waals surface area contributed by atoms with E-state index in [9.17, 15) is 9.59 Å². The summed E-state index contributed by atoms with van der Waals surface area (Å²) in [7, 11) is 1.65. The van der Waals surface area contributed by atoms with Crippen LogP contribution in [0.2, 0.25) is 0 Å². The lowest BCUT2D eigenvalue weighted by atomic mass is 9.91. The van der Waals surface area contributed by atoms with E-state index in [0.717, 1.165) is 36.5 Å². The number of nitrogens with zero attached hydrogens (tertiary/aromatic N) is 3. The van der Waals surface area contributed by atoms with E-state index in [-0.39, 0.29) is 24.3 Å². The molecule has 2 aromatic carbocycles. The summed E-state index contributed by atoms with van der Waals surface area (Å²) < 4.78 is 7.29. The number of hydrogen-bond acceptors (Lipinski definition) is 5. The lowest BCUT2D eigenvalue weighted by Crippen LogP contribution is -2.39. The fourth-order valence-electron chi connectivity index (χ4n) is 4.62. The van der Waals surface area contributed by atoms with Crippen molar-refractivity contribution in [2.45, 2.75) is 38.1 Å².